The van der Waals surface area contributed by atoms with Gasteiger partial charge < -0.3 is 14.8 Å². The number of rotatable bonds is 7. The molecule has 134 valence electrons. The average Bonchev–Trinajstić information content (AvgIpc) is 2.58. The highest BCUT2D eigenvalue weighted by Crippen LogP contribution is 2.29. The van der Waals surface area contributed by atoms with Crippen molar-refractivity contribution in [1.29, 1.82) is 0 Å². The fourth-order valence-electron chi connectivity index (χ4n) is 2.78. The topological polar surface area (TPSA) is 47.6 Å². The second-order valence-corrected chi connectivity index (χ2v) is 6.08. The Balaban J connectivity index is 2.19. The van der Waals surface area contributed by atoms with Crippen molar-refractivity contribution >= 4 is 5.91 Å². The summed E-state index contributed by atoms with van der Waals surface area (Å²) in [6.07, 6.45) is 0. The molecule has 1 amide bonds. The Labute approximate surface area is 150 Å². The van der Waals surface area contributed by atoms with E-state index >= 15 is 0 Å². The van der Waals surface area contributed by atoms with Crippen LogP contribution in [0.3, 0.4) is 0 Å². The van der Waals surface area contributed by atoms with E-state index in [-0.39, 0.29) is 11.9 Å². The standard InChI is InChI=1S/C21H27NO3/c1-6-24-19-11-10-17(13-20(19)25-7-2)21(23)22-16(5)18-12-14(3)8-9-15(18)4/h8-13,16H,6-7H2,1-5H3,(H,22,23)/t16-/m0/s1. The van der Waals surface area contributed by atoms with Crippen molar-refractivity contribution in [3.8, 4) is 11.5 Å². The summed E-state index contributed by atoms with van der Waals surface area (Å²) >= 11 is 0. The molecule has 2 rings (SSSR count). The molecule has 0 saturated heterocycles. The van der Waals surface area contributed by atoms with Gasteiger partial charge in [-0.3, -0.25) is 4.79 Å². The third-order valence-electron chi connectivity index (χ3n) is 4.05. The highest BCUT2D eigenvalue weighted by Gasteiger charge is 2.15. The van der Waals surface area contributed by atoms with Crippen LogP contribution in [0.4, 0.5) is 0 Å². The first-order valence-electron chi connectivity index (χ1n) is 8.73. The largest absolute Gasteiger partial charge is 0.490 e. The lowest BCUT2D eigenvalue weighted by atomic mass is 9.99. The summed E-state index contributed by atoms with van der Waals surface area (Å²) < 4.78 is 11.1. The lowest BCUT2D eigenvalue weighted by molar-refractivity contribution is 0.0939. The van der Waals surface area contributed by atoms with Gasteiger partial charge in [-0.05, 0) is 63.9 Å². The molecule has 0 aliphatic heterocycles. The molecule has 1 atom stereocenters. The molecular weight excluding hydrogens is 314 g/mol. The average molecular weight is 341 g/mol. The van der Waals surface area contributed by atoms with Crippen molar-refractivity contribution in [2.75, 3.05) is 13.2 Å². The van der Waals surface area contributed by atoms with Crippen LogP contribution in [0.2, 0.25) is 0 Å². The summed E-state index contributed by atoms with van der Waals surface area (Å²) in [7, 11) is 0. The van der Waals surface area contributed by atoms with Gasteiger partial charge in [0.1, 0.15) is 0 Å². The third-order valence-corrected chi connectivity index (χ3v) is 4.05. The van der Waals surface area contributed by atoms with Crippen molar-refractivity contribution < 1.29 is 14.3 Å². The molecule has 0 fully saturated rings. The Morgan fingerprint density at radius 2 is 1.68 bits per heavy atom. The second kappa shape index (κ2) is 8.56. The Hall–Kier alpha value is -2.49. The van der Waals surface area contributed by atoms with Crippen molar-refractivity contribution in [3.63, 3.8) is 0 Å². The Morgan fingerprint density at radius 1 is 1.00 bits per heavy atom. The summed E-state index contributed by atoms with van der Waals surface area (Å²) in [6, 6.07) is 11.5. The predicted molar refractivity (Wildman–Crippen MR) is 101 cm³/mol. The molecule has 0 aliphatic rings. The fourth-order valence-corrected chi connectivity index (χ4v) is 2.78. The van der Waals surface area contributed by atoms with Crippen molar-refractivity contribution in [2.24, 2.45) is 0 Å². The maximum atomic E-state index is 12.6. The summed E-state index contributed by atoms with van der Waals surface area (Å²) in [5, 5.41) is 3.07. The minimum absolute atomic E-state index is 0.0745. The monoisotopic (exact) mass is 341 g/mol. The smallest absolute Gasteiger partial charge is 0.251 e. The van der Waals surface area contributed by atoms with Gasteiger partial charge >= 0.3 is 0 Å². The van der Waals surface area contributed by atoms with E-state index in [0.717, 1.165) is 5.56 Å². The molecule has 0 aromatic heterocycles. The van der Waals surface area contributed by atoms with E-state index in [4.69, 9.17) is 9.47 Å². The lowest BCUT2D eigenvalue weighted by Gasteiger charge is -2.18. The fraction of sp³-hybridized carbons (Fsp3) is 0.381. The molecule has 0 spiro atoms. The number of hydrogen-bond acceptors (Lipinski definition) is 3. The molecule has 0 heterocycles. The molecular formula is C21H27NO3. The normalized spacial score (nSPS) is 11.7. The molecule has 0 bridgehead atoms. The van der Waals surface area contributed by atoms with Crippen LogP contribution in [0, 0.1) is 13.8 Å². The van der Waals surface area contributed by atoms with Gasteiger partial charge in [0.2, 0.25) is 0 Å². The van der Waals surface area contributed by atoms with Gasteiger partial charge in [-0.1, -0.05) is 23.8 Å². The third kappa shape index (κ3) is 4.75. The Bertz CT molecular complexity index is 740. The van der Waals surface area contributed by atoms with E-state index in [1.807, 2.05) is 20.8 Å². The minimum atomic E-state index is -0.127. The zero-order valence-corrected chi connectivity index (χ0v) is 15.7. The first-order chi connectivity index (χ1) is 12.0. The van der Waals surface area contributed by atoms with Gasteiger partial charge in [0.15, 0.2) is 11.5 Å². The van der Waals surface area contributed by atoms with E-state index < -0.39 is 0 Å². The van der Waals surface area contributed by atoms with Crippen LogP contribution in [0.15, 0.2) is 36.4 Å². The maximum absolute atomic E-state index is 12.6. The van der Waals surface area contributed by atoms with Crippen molar-refractivity contribution in [1.82, 2.24) is 5.32 Å². The molecule has 0 radical (unpaired) electrons. The van der Waals surface area contributed by atoms with Crippen LogP contribution < -0.4 is 14.8 Å². The van der Waals surface area contributed by atoms with Crippen LogP contribution >= 0.6 is 0 Å². The number of aryl methyl sites for hydroxylation is 2. The molecule has 4 nitrogen and oxygen atoms in total. The summed E-state index contributed by atoms with van der Waals surface area (Å²) in [6.45, 7) is 11.0. The van der Waals surface area contributed by atoms with Gasteiger partial charge in [-0.15, -0.1) is 0 Å². The van der Waals surface area contributed by atoms with Gasteiger partial charge in [0.25, 0.3) is 5.91 Å². The van der Waals surface area contributed by atoms with Crippen LogP contribution in [0.5, 0.6) is 11.5 Å². The van der Waals surface area contributed by atoms with E-state index in [2.05, 4.69) is 37.4 Å². The van der Waals surface area contributed by atoms with Crippen molar-refractivity contribution in [3.05, 3.63) is 58.7 Å². The van der Waals surface area contributed by atoms with E-state index in [0.29, 0.717) is 30.3 Å². The van der Waals surface area contributed by atoms with Gasteiger partial charge in [0, 0.05) is 5.56 Å². The van der Waals surface area contributed by atoms with E-state index in [1.54, 1.807) is 18.2 Å². The van der Waals surface area contributed by atoms with Crippen LogP contribution in [-0.2, 0) is 0 Å². The molecule has 25 heavy (non-hydrogen) atoms. The quantitative estimate of drug-likeness (QED) is 0.801. The molecule has 4 heteroatoms. The number of nitrogens with one attached hydrogen (secondary N) is 1. The van der Waals surface area contributed by atoms with E-state index in [9.17, 15) is 4.79 Å². The summed E-state index contributed by atoms with van der Waals surface area (Å²) in [4.78, 5) is 12.6. The van der Waals surface area contributed by atoms with Gasteiger partial charge in [0.05, 0.1) is 19.3 Å². The minimum Gasteiger partial charge on any atom is -0.490 e. The number of benzene rings is 2. The van der Waals surface area contributed by atoms with Gasteiger partial charge in [-0.2, -0.15) is 0 Å². The number of carbonyl (C=O) groups is 1. The molecule has 2 aromatic rings. The predicted octanol–water partition coefficient (Wildman–Crippen LogP) is 4.59. The number of hydrogen-bond donors (Lipinski definition) is 1. The zero-order chi connectivity index (χ0) is 18.4. The summed E-state index contributed by atoms with van der Waals surface area (Å²) in [5.41, 5.74) is 4.04. The molecule has 1 N–H and O–H groups in total. The number of amides is 1. The zero-order valence-electron chi connectivity index (χ0n) is 15.7. The van der Waals surface area contributed by atoms with Crippen LogP contribution in [0.25, 0.3) is 0 Å². The first kappa shape index (κ1) is 18.8. The Kier molecular flexibility index (Phi) is 6.45. The molecule has 0 aliphatic carbocycles. The SMILES string of the molecule is CCOc1ccc(C(=O)N[C@@H](C)c2cc(C)ccc2C)cc1OCC. The maximum Gasteiger partial charge on any atom is 0.251 e. The van der Waals surface area contributed by atoms with Crippen molar-refractivity contribution in [2.45, 2.75) is 40.7 Å². The van der Waals surface area contributed by atoms with Gasteiger partial charge in [-0.25, -0.2) is 0 Å². The summed E-state index contributed by atoms with van der Waals surface area (Å²) in [5.74, 6) is 1.12. The van der Waals surface area contributed by atoms with Crippen LogP contribution in [-0.4, -0.2) is 19.1 Å². The van der Waals surface area contributed by atoms with E-state index in [1.165, 1.54) is 11.1 Å². The molecule has 2 aromatic carbocycles. The number of carbonyl (C=O) groups excluding carboxylic acids is 1. The Morgan fingerprint density at radius 3 is 2.36 bits per heavy atom. The highest BCUT2D eigenvalue weighted by molar-refractivity contribution is 5.95. The lowest BCUT2D eigenvalue weighted by Crippen LogP contribution is -2.27. The first-order valence-corrected chi connectivity index (χ1v) is 8.73. The molecule has 0 unspecified atom stereocenters. The number of ether oxygens (including phenoxy) is 2. The highest BCUT2D eigenvalue weighted by atomic mass is 16.5. The van der Waals surface area contributed by atoms with Crippen LogP contribution in [0.1, 0.15) is 53.9 Å². The molecule has 0 saturated carbocycles. The second-order valence-electron chi connectivity index (χ2n) is 6.08.